The topological polar surface area (TPSA) is 37.3 Å². The van der Waals surface area contributed by atoms with E-state index in [1.165, 1.54) is 6.08 Å². The quantitative estimate of drug-likeness (QED) is 0.425. The van der Waals surface area contributed by atoms with Gasteiger partial charge in [0.1, 0.15) is 0 Å². The Kier molecular flexibility index (Phi) is 1.85. The number of hydrogen-bond donors (Lipinski definition) is 1. The van der Waals surface area contributed by atoms with E-state index in [4.69, 9.17) is 5.11 Å². The maximum Gasteiger partial charge on any atom is 0.184 e. The monoisotopic (exact) mass is 152 g/mol. The Bertz CT molecular complexity index is 234. The fourth-order valence-corrected chi connectivity index (χ4v) is 1.15. The Morgan fingerprint density at radius 3 is 2.73 bits per heavy atom. The smallest absolute Gasteiger partial charge is 0.184 e. The molecule has 0 aromatic carbocycles. The predicted octanol–water partition coefficient (Wildman–Crippen LogP) is 1.98. The number of ketones is 1. The molecule has 0 bridgehead atoms. The Labute approximate surface area is 66.2 Å². The Hall–Kier alpha value is -1.05. The molecule has 1 aliphatic carbocycles. The average molecular weight is 152 g/mol. The van der Waals surface area contributed by atoms with Gasteiger partial charge in [-0.2, -0.15) is 0 Å². The molecule has 0 amide bonds. The number of carbonyl (C=O) groups excluding carboxylic acids is 1. The molecule has 0 aromatic rings. The van der Waals surface area contributed by atoms with Gasteiger partial charge in [-0.1, -0.05) is 19.9 Å². The number of allylic oxidation sites excluding steroid dienone is 3. The van der Waals surface area contributed by atoms with E-state index in [9.17, 15) is 4.79 Å². The molecule has 1 aliphatic rings. The number of rotatable bonds is 0. The zero-order valence-electron chi connectivity index (χ0n) is 6.79. The molecule has 1 N–H and O–H groups in total. The number of aliphatic hydroxyl groups excluding tert-OH is 1. The summed E-state index contributed by atoms with van der Waals surface area (Å²) in [5.74, 6) is -0.0770. The third-order valence-corrected chi connectivity index (χ3v) is 1.80. The Balaban J connectivity index is 2.93. The first-order valence-electron chi connectivity index (χ1n) is 3.62. The molecule has 0 saturated heterocycles. The molecule has 0 atom stereocenters. The highest BCUT2D eigenvalue weighted by Gasteiger charge is 2.24. The fraction of sp³-hybridized carbons (Fsp3) is 0.444. The molecule has 0 unspecified atom stereocenters. The maximum atomic E-state index is 11.0. The molecular weight excluding hydrogens is 140 g/mol. The molecule has 0 radical (unpaired) electrons. The minimum absolute atomic E-state index is 0.00245. The van der Waals surface area contributed by atoms with Crippen LogP contribution in [-0.4, -0.2) is 10.9 Å². The van der Waals surface area contributed by atoms with Crippen LogP contribution in [0.2, 0.25) is 0 Å². The molecule has 60 valence electrons. The van der Waals surface area contributed by atoms with Crippen molar-refractivity contribution in [3.05, 3.63) is 24.0 Å². The van der Waals surface area contributed by atoms with Crippen LogP contribution in [-0.2, 0) is 4.79 Å². The van der Waals surface area contributed by atoms with Crippen molar-refractivity contribution in [1.82, 2.24) is 0 Å². The normalized spacial score (nSPS) is 26.0. The largest absolute Gasteiger partial charge is 0.515 e. The summed E-state index contributed by atoms with van der Waals surface area (Å²) in [4.78, 5) is 11.0. The SMILES string of the molecule is CC1(C)C=CC(=O)/C(=C/O)C1. The van der Waals surface area contributed by atoms with E-state index >= 15 is 0 Å². The molecule has 11 heavy (non-hydrogen) atoms. The minimum Gasteiger partial charge on any atom is -0.515 e. The van der Waals surface area contributed by atoms with Crippen LogP contribution in [0.25, 0.3) is 0 Å². The van der Waals surface area contributed by atoms with Crippen molar-refractivity contribution in [3.63, 3.8) is 0 Å². The van der Waals surface area contributed by atoms with Crippen LogP contribution >= 0.6 is 0 Å². The molecular formula is C9H12O2. The molecule has 0 aromatic heterocycles. The summed E-state index contributed by atoms with van der Waals surface area (Å²) in [6.07, 6.45) is 4.93. The fourth-order valence-electron chi connectivity index (χ4n) is 1.15. The number of aliphatic hydroxyl groups is 1. The van der Waals surface area contributed by atoms with E-state index in [0.717, 1.165) is 6.26 Å². The first-order valence-corrected chi connectivity index (χ1v) is 3.62. The van der Waals surface area contributed by atoms with Crippen LogP contribution < -0.4 is 0 Å². The number of hydrogen-bond acceptors (Lipinski definition) is 2. The van der Waals surface area contributed by atoms with Crippen LogP contribution in [0.4, 0.5) is 0 Å². The van der Waals surface area contributed by atoms with Crippen molar-refractivity contribution in [2.45, 2.75) is 20.3 Å². The van der Waals surface area contributed by atoms with E-state index < -0.39 is 0 Å². The van der Waals surface area contributed by atoms with E-state index in [0.29, 0.717) is 12.0 Å². The van der Waals surface area contributed by atoms with Gasteiger partial charge in [-0.05, 0) is 17.9 Å². The van der Waals surface area contributed by atoms with Crippen LogP contribution in [0, 0.1) is 5.41 Å². The van der Waals surface area contributed by atoms with Gasteiger partial charge in [0.2, 0.25) is 0 Å². The second kappa shape index (κ2) is 2.53. The van der Waals surface area contributed by atoms with Crippen molar-refractivity contribution in [1.29, 1.82) is 0 Å². The summed E-state index contributed by atoms with van der Waals surface area (Å²) in [6, 6.07) is 0. The van der Waals surface area contributed by atoms with Crippen molar-refractivity contribution in [2.24, 2.45) is 5.41 Å². The average Bonchev–Trinajstić information content (AvgIpc) is 1.94. The summed E-state index contributed by atoms with van der Waals surface area (Å²) in [6.45, 7) is 4.05. The highest BCUT2D eigenvalue weighted by atomic mass is 16.2. The van der Waals surface area contributed by atoms with Gasteiger partial charge in [0, 0.05) is 5.57 Å². The summed E-state index contributed by atoms with van der Waals surface area (Å²) < 4.78 is 0. The maximum absolute atomic E-state index is 11.0. The molecule has 2 nitrogen and oxygen atoms in total. The molecule has 2 heteroatoms. The zero-order chi connectivity index (χ0) is 8.48. The lowest BCUT2D eigenvalue weighted by molar-refractivity contribution is -0.112. The Morgan fingerprint density at radius 1 is 1.64 bits per heavy atom. The van der Waals surface area contributed by atoms with Crippen LogP contribution in [0.15, 0.2) is 24.0 Å². The lowest BCUT2D eigenvalue weighted by Crippen LogP contribution is -2.18. The van der Waals surface area contributed by atoms with E-state index in [2.05, 4.69) is 0 Å². The van der Waals surface area contributed by atoms with Gasteiger partial charge >= 0.3 is 0 Å². The van der Waals surface area contributed by atoms with Gasteiger partial charge in [0.15, 0.2) is 5.78 Å². The molecule has 0 aliphatic heterocycles. The van der Waals surface area contributed by atoms with Gasteiger partial charge in [-0.25, -0.2) is 0 Å². The van der Waals surface area contributed by atoms with Crippen LogP contribution in [0.5, 0.6) is 0 Å². The second-order valence-electron chi connectivity index (χ2n) is 3.52. The summed E-state index contributed by atoms with van der Waals surface area (Å²) in [5, 5.41) is 8.68. The highest BCUT2D eigenvalue weighted by Crippen LogP contribution is 2.30. The second-order valence-corrected chi connectivity index (χ2v) is 3.52. The standard InChI is InChI=1S/C9H12O2/c1-9(2)4-3-8(11)7(5-9)6-10/h3-4,6,10H,5H2,1-2H3/b7-6+. The third kappa shape index (κ3) is 1.70. The zero-order valence-corrected chi connectivity index (χ0v) is 6.79. The van der Waals surface area contributed by atoms with Crippen molar-refractivity contribution < 1.29 is 9.90 Å². The highest BCUT2D eigenvalue weighted by molar-refractivity contribution is 6.04. The van der Waals surface area contributed by atoms with Crippen molar-refractivity contribution in [3.8, 4) is 0 Å². The van der Waals surface area contributed by atoms with E-state index in [1.807, 2.05) is 19.9 Å². The minimum atomic E-state index is -0.0770. The van der Waals surface area contributed by atoms with Crippen molar-refractivity contribution in [2.75, 3.05) is 0 Å². The van der Waals surface area contributed by atoms with Gasteiger partial charge in [-0.3, -0.25) is 4.79 Å². The van der Waals surface area contributed by atoms with E-state index in [1.54, 1.807) is 0 Å². The summed E-state index contributed by atoms with van der Waals surface area (Å²) >= 11 is 0. The molecule has 0 fully saturated rings. The van der Waals surface area contributed by atoms with Crippen molar-refractivity contribution >= 4 is 5.78 Å². The van der Waals surface area contributed by atoms with Crippen LogP contribution in [0.3, 0.4) is 0 Å². The van der Waals surface area contributed by atoms with Gasteiger partial charge in [-0.15, -0.1) is 0 Å². The first-order chi connectivity index (χ1) is 5.05. The lowest BCUT2D eigenvalue weighted by Gasteiger charge is -2.23. The predicted molar refractivity (Wildman–Crippen MR) is 43.3 cm³/mol. The number of carbonyl (C=O) groups is 1. The lowest BCUT2D eigenvalue weighted by atomic mass is 9.80. The van der Waals surface area contributed by atoms with Gasteiger partial charge < -0.3 is 5.11 Å². The third-order valence-electron chi connectivity index (χ3n) is 1.80. The summed E-state index contributed by atoms with van der Waals surface area (Å²) in [5.41, 5.74) is 0.500. The molecule has 0 spiro atoms. The first kappa shape index (κ1) is 8.05. The van der Waals surface area contributed by atoms with Gasteiger partial charge in [0.25, 0.3) is 0 Å². The van der Waals surface area contributed by atoms with Crippen LogP contribution in [0.1, 0.15) is 20.3 Å². The summed E-state index contributed by atoms with van der Waals surface area (Å²) in [7, 11) is 0. The van der Waals surface area contributed by atoms with Gasteiger partial charge in [0.05, 0.1) is 6.26 Å². The Morgan fingerprint density at radius 2 is 2.27 bits per heavy atom. The molecule has 0 heterocycles. The molecule has 0 saturated carbocycles. The molecule has 1 rings (SSSR count). The van der Waals surface area contributed by atoms with E-state index in [-0.39, 0.29) is 11.2 Å².